The lowest BCUT2D eigenvalue weighted by Crippen LogP contribution is -2.72. The van der Waals surface area contributed by atoms with Crippen LogP contribution < -0.4 is 16.4 Å². The summed E-state index contributed by atoms with van der Waals surface area (Å²) in [5.74, 6) is 0.695. The van der Waals surface area contributed by atoms with Crippen molar-refractivity contribution in [1.29, 1.82) is 0 Å². The third kappa shape index (κ3) is 8.88. The molecule has 3 nitrogen and oxygen atoms in total. The first-order valence-electron chi connectivity index (χ1n) is 17.4. The summed E-state index contributed by atoms with van der Waals surface area (Å²) < 4.78 is 19.0. The van der Waals surface area contributed by atoms with E-state index in [0.717, 1.165) is 0 Å². The van der Waals surface area contributed by atoms with E-state index in [9.17, 15) is 0 Å². The van der Waals surface area contributed by atoms with Gasteiger partial charge in [-0.15, -0.1) is 0 Å². The van der Waals surface area contributed by atoms with Crippen LogP contribution in [0.25, 0.3) is 5.57 Å². The van der Waals surface area contributed by atoms with Gasteiger partial charge >= 0.3 is 8.80 Å². The molecule has 5 aromatic carbocycles. The number of hydrogen-bond acceptors (Lipinski definition) is 3. The number of hydrogen-bond donors (Lipinski definition) is 0. The van der Waals surface area contributed by atoms with Crippen molar-refractivity contribution in [3.8, 4) is 0 Å². The van der Waals surface area contributed by atoms with Gasteiger partial charge in [0.15, 0.2) is 0 Å². The molecule has 49 heavy (non-hydrogen) atoms. The summed E-state index contributed by atoms with van der Waals surface area (Å²) in [5.41, 5.74) is 8.84. The molecule has 0 amide bonds. The van der Waals surface area contributed by atoms with Crippen LogP contribution in [-0.4, -0.2) is 34.8 Å². The first kappa shape index (κ1) is 35.7. The van der Waals surface area contributed by atoms with E-state index in [4.69, 9.17) is 13.3 Å². The summed E-state index contributed by atoms with van der Waals surface area (Å²) in [6.45, 7) is 7.75. The largest absolute Gasteiger partial charge is 0.465 e. The molecule has 0 fully saturated rings. The van der Waals surface area contributed by atoms with Crippen LogP contribution in [0.1, 0.15) is 31.9 Å². The van der Waals surface area contributed by atoms with Gasteiger partial charge in [-0.05, 0) is 45.0 Å². The average molecular weight is 663 g/mol. The van der Waals surface area contributed by atoms with Crippen molar-refractivity contribution in [2.75, 3.05) is 19.8 Å². The van der Waals surface area contributed by atoms with Gasteiger partial charge in [-0.25, -0.2) is 0 Å². The monoisotopic (exact) mass is 662 g/mol. The van der Waals surface area contributed by atoms with Crippen molar-refractivity contribution >= 4 is 36.9 Å². The molecule has 1 aliphatic rings. The van der Waals surface area contributed by atoms with Crippen molar-refractivity contribution < 1.29 is 13.3 Å². The lowest BCUT2D eigenvalue weighted by molar-refractivity contribution is 0.0757. The van der Waals surface area contributed by atoms with Crippen molar-refractivity contribution in [2.45, 2.75) is 26.7 Å². The van der Waals surface area contributed by atoms with Crippen LogP contribution in [0.5, 0.6) is 0 Å². The molecular formula is C44H47BO3Si. The third-order valence-corrected chi connectivity index (χ3v) is 12.2. The van der Waals surface area contributed by atoms with Crippen LogP contribution in [0, 0.1) is 6.42 Å². The Hall–Kier alpha value is -4.65. The quantitative estimate of drug-likeness (QED) is 0.0935. The van der Waals surface area contributed by atoms with Gasteiger partial charge in [0, 0.05) is 61.7 Å². The van der Waals surface area contributed by atoms with Gasteiger partial charge in [0.05, 0.1) is 11.7 Å². The lowest BCUT2D eigenvalue weighted by atomic mass is 9.17. The zero-order valence-electron chi connectivity index (χ0n) is 29.0. The average Bonchev–Trinajstić information content (AvgIpc) is 3.17. The first-order chi connectivity index (χ1) is 24.2. The minimum absolute atomic E-state index is 0.566. The van der Waals surface area contributed by atoms with Crippen LogP contribution in [0.15, 0.2) is 182 Å². The van der Waals surface area contributed by atoms with E-state index in [-0.39, 0.29) is 0 Å². The van der Waals surface area contributed by atoms with E-state index >= 15 is 0 Å². The smallest absolute Gasteiger partial charge is 0.376 e. The second-order valence-corrected chi connectivity index (χ2v) is 14.6. The van der Waals surface area contributed by atoms with Crippen LogP contribution >= 0.6 is 0 Å². The van der Waals surface area contributed by atoms with Gasteiger partial charge in [-0.3, -0.25) is 0 Å². The van der Waals surface area contributed by atoms with E-state index in [1.807, 2.05) is 20.8 Å². The maximum absolute atomic E-state index is 6.34. The molecule has 0 aliphatic heterocycles. The molecule has 0 heterocycles. The zero-order valence-corrected chi connectivity index (χ0v) is 30.0. The lowest BCUT2D eigenvalue weighted by Gasteiger charge is -2.47. The summed E-state index contributed by atoms with van der Waals surface area (Å²) in [6, 6.07) is 53.3. The molecule has 5 aromatic rings. The van der Waals surface area contributed by atoms with Crippen molar-refractivity contribution in [3.63, 3.8) is 0 Å². The first-order valence-corrected chi connectivity index (χ1v) is 19.4. The molecule has 0 unspecified atom stereocenters. The fourth-order valence-electron chi connectivity index (χ4n) is 6.93. The summed E-state index contributed by atoms with van der Waals surface area (Å²) in [5, 5.41) is 0. The number of allylic oxidation sites excluding steroid dienone is 5. The molecule has 0 N–H and O–H groups in total. The highest BCUT2D eigenvalue weighted by Crippen LogP contribution is 2.30. The van der Waals surface area contributed by atoms with E-state index < -0.39 is 15.0 Å². The maximum Gasteiger partial charge on any atom is 0.465 e. The second-order valence-electron chi connectivity index (χ2n) is 11.9. The van der Waals surface area contributed by atoms with Gasteiger partial charge in [0.2, 0.25) is 0 Å². The molecule has 0 bridgehead atoms. The van der Waals surface area contributed by atoms with Crippen molar-refractivity contribution in [3.05, 3.63) is 199 Å². The highest BCUT2D eigenvalue weighted by atomic mass is 28.4. The predicted octanol–water partition coefficient (Wildman–Crippen LogP) is 8.56. The molecule has 6 rings (SSSR count). The van der Waals surface area contributed by atoms with Crippen LogP contribution in [0.3, 0.4) is 0 Å². The molecule has 0 saturated heterocycles. The summed E-state index contributed by atoms with van der Waals surface area (Å²) in [7, 11) is -2.95. The fourth-order valence-corrected chi connectivity index (χ4v) is 10.3. The van der Waals surface area contributed by atoms with Crippen molar-refractivity contribution in [2.24, 2.45) is 0 Å². The molecular weight excluding hydrogens is 615 g/mol. The Morgan fingerprint density at radius 3 is 1.20 bits per heavy atom. The SMILES string of the molecule is C1=C[CH+]C(=C(c2ccccc2)c2ccccc2)C=C1.CCO[Si](C[B-](c1ccccc1)(c1ccccc1)c1ccccc1)(OCC)OCC. The van der Waals surface area contributed by atoms with Crippen LogP contribution in [-0.2, 0) is 13.3 Å². The van der Waals surface area contributed by atoms with E-state index in [0.29, 0.717) is 25.8 Å². The highest BCUT2D eigenvalue weighted by molar-refractivity contribution is 7.15. The zero-order chi connectivity index (χ0) is 34.2. The summed E-state index contributed by atoms with van der Waals surface area (Å²) in [6.07, 6.45) is 9.18. The molecule has 0 spiro atoms. The van der Waals surface area contributed by atoms with Gasteiger partial charge in [0.25, 0.3) is 0 Å². The summed E-state index contributed by atoms with van der Waals surface area (Å²) >= 11 is 0. The molecule has 0 saturated carbocycles. The van der Waals surface area contributed by atoms with E-state index in [2.05, 4.69) is 182 Å². The Labute approximate surface area is 294 Å². The Bertz CT molecular complexity index is 1620. The number of rotatable bonds is 13. The van der Waals surface area contributed by atoms with E-state index in [1.54, 1.807) is 0 Å². The van der Waals surface area contributed by atoms with Gasteiger partial charge in [-0.1, -0.05) is 133 Å². The molecule has 0 aromatic heterocycles. The number of benzene rings is 5. The molecule has 1 aliphatic carbocycles. The second kappa shape index (κ2) is 18.2. The van der Waals surface area contributed by atoms with Crippen LogP contribution in [0.4, 0.5) is 0 Å². The highest BCUT2D eigenvalue weighted by Gasteiger charge is 2.46. The molecule has 5 heteroatoms. The van der Waals surface area contributed by atoms with Gasteiger partial charge in [0.1, 0.15) is 5.57 Å². The fraction of sp³-hybridized carbons (Fsp3) is 0.159. The molecule has 0 atom stereocenters. The summed E-state index contributed by atoms with van der Waals surface area (Å²) in [4.78, 5) is 0. The van der Waals surface area contributed by atoms with Gasteiger partial charge < -0.3 is 13.3 Å². The third-order valence-electron chi connectivity index (χ3n) is 8.94. The van der Waals surface area contributed by atoms with Crippen LogP contribution in [0.2, 0.25) is 5.94 Å². The Morgan fingerprint density at radius 2 is 0.878 bits per heavy atom. The minimum atomic E-state index is -2.95. The maximum atomic E-state index is 6.34. The Balaban J connectivity index is 0.000000211. The topological polar surface area (TPSA) is 27.7 Å². The predicted molar refractivity (Wildman–Crippen MR) is 211 cm³/mol. The molecule has 248 valence electrons. The standard InChI is InChI=1S/C25H32BO3Si.C19H15/c1-4-27-30(28-5-2,29-6-3)22-26(23-16-10-7-11-17-23,24-18-12-8-13-19-24)25-20-14-9-15-21-25;1-4-10-16(11-5-1)19(17-12-6-2-7-13-17)18-14-8-3-9-15-18/h7-21H,4-6,22H2,1-3H3;1-15H/q-1;+1. The Kier molecular flexibility index (Phi) is 13.2. The molecule has 0 radical (unpaired) electrons. The minimum Gasteiger partial charge on any atom is -0.376 e. The normalized spacial score (nSPS) is 12.5. The van der Waals surface area contributed by atoms with E-state index in [1.165, 1.54) is 38.7 Å². The van der Waals surface area contributed by atoms with Crippen molar-refractivity contribution in [1.82, 2.24) is 0 Å². The Morgan fingerprint density at radius 1 is 0.510 bits per heavy atom. The van der Waals surface area contributed by atoms with Gasteiger partial charge in [-0.2, -0.15) is 16.4 Å².